The summed E-state index contributed by atoms with van der Waals surface area (Å²) in [7, 11) is 1.56. The monoisotopic (exact) mass is 479 g/mol. The van der Waals surface area contributed by atoms with Crippen molar-refractivity contribution in [2.45, 2.75) is 33.2 Å². The molecule has 0 aliphatic rings. The molecule has 2 N–H and O–H groups in total. The predicted molar refractivity (Wildman–Crippen MR) is 127 cm³/mol. The highest BCUT2D eigenvalue weighted by atomic mass is 35.5. The van der Waals surface area contributed by atoms with Crippen LogP contribution in [0.2, 0.25) is 10.0 Å². The number of hydrogen-bond acceptors (Lipinski definition) is 5. The molecule has 0 bridgehead atoms. The van der Waals surface area contributed by atoms with Crippen LogP contribution >= 0.6 is 23.2 Å². The van der Waals surface area contributed by atoms with Gasteiger partial charge in [-0.3, -0.25) is 9.59 Å². The molecule has 2 aromatic carbocycles. The van der Waals surface area contributed by atoms with Crippen LogP contribution in [0.3, 0.4) is 0 Å². The fraction of sp³-hybridized carbons (Fsp3) is 0.348. The van der Waals surface area contributed by atoms with Gasteiger partial charge in [-0.2, -0.15) is 5.10 Å². The lowest BCUT2D eigenvalue weighted by molar-refractivity contribution is -0.123. The van der Waals surface area contributed by atoms with Gasteiger partial charge in [0.05, 0.1) is 30.0 Å². The number of methoxy groups -OCH3 is 1. The van der Waals surface area contributed by atoms with Crippen LogP contribution in [0.25, 0.3) is 0 Å². The third-order valence-corrected chi connectivity index (χ3v) is 5.21. The second-order valence-corrected chi connectivity index (χ2v) is 8.10. The minimum atomic E-state index is -0.810. The Labute approximate surface area is 198 Å². The molecule has 0 aliphatic heterocycles. The molecule has 0 radical (unpaired) electrons. The van der Waals surface area contributed by atoms with Gasteiger partial charge in [0.15, 0.2) is 11.5 Å². The van der Waals surface area contributed by atoms with E-state index in [1.54, 1.807) is 25.3 Å². The summed E-state index contributed by atoms with van der Waals surface area (Å²) in [6.07, 6.45) is 2.31. The zero-order valence-corrected chi connectivity index (χ0v) is 20.0. The first-order valence-corrected chi connectivity index (χ1v) is 10.9. The van der Waals surface area contributed by atoms with E-state index in [0.29, 0.717) is 34.3 Å². The van der Waals surface area contributed by atoms with Gasteiger partial charge in [0.25, 0.3) is 11.8 Å². The summed E-state index contributed by atoms with van der Waals surface area (Å²) in [5.41, 5.74) is 3.44. The van der Waals surface area contributed by atoms with Crippen LogP contribution in [-0.4, -0.2) is 37.8 Å². The highest BCUT2D eigenvalue weighted by Crippen LogP contribution is 2.30. The number of rotatable bonds is 10. The van der Waals surface area contributed by atoms with Gasteiger partial charge in [-0.05, 0) is 42.7 Å². The summed E-state index contributed by atoms with van der Waals surface area (Å²) in [5.74, 6) is 0.0380. The summed E-state index contributed by atoms with van der Waals surface area (Å²) in [4.78, 5) is 25.3. The van der Waals surface area contributed by atoms with E-state index in [4.69, 9.17) is 32.7 Å². The molecule has 0 saturated carbocycles. The van der Waals surface area contributed by atoms with Crippen molar-refractivity contribution in [2.75, 3.05) is 13.7 Å². The topological polar surface area (TPSA) is 89.0 Å². The Morgan fingerprint density at radius 3 is 2.53 bits per heavy atom. The van der Waals surface area contributed by atoms with E-state index in [-0.39, 0.29) is 10.9 Å². The summed E-state index contributed by atoms with van der Waals surface area (Å²) in [5, 5.41) is 7.36. The Bertz CT molecular complexity index is 980. The van der Waals surface area contributed by atoms with E-state index >= 15 is 0 Å². The summed E-state index contributed by atoms with van der Waals surface area (Å²) in [6.45, 7) is 6.16. The zero-order chi connectivity index (χ0) is 23.7. The average Bonchev–Trinajstić information content (AvgIpc) is 2.77. The van der Waals surface area contributed by atoms with Crippen molar-refractivity contribution >= 4 is 41.2 Å². The predicted octanol–water partition coefficient (Wildman–Crippen LogP) is 4.70. The highest BCUT2D eigenvalue weighted by molar-refractivity contribution is 6.42. The quantitative estimate of drug-likeness (QED) is 0.381. The number of para-hydroxylation sites is 1. The molecule has 7 nitrogen and oxygen atoms in total. The summed E-state index contributed by atoms with van der Waals surface area (Å²) < 4.78 is 11.1. The average molecular weight is 480 g/mol. The van der Waals surface area contributed by atoms with Gasteiger partial charge >= 0.3 is 0 Å². The van der Waals surface area contributed by atoms with Gasteiger partial charge in [-0.25, -0.2) is 5.43 Å². The maximum Gasteiger partial charge on any atom is 0.262 e. The Kier molecular flexibility index (Phi) is 9.81. The van der Waals surface area contributed by atoms with E-state index in [9.17, 15) is 9.59 Å². The molecule has 2 rings (SSSR count). The second kappa shape index (κ2) is 12.3. The molecule has 0 fully saturated rings. The van der Waals surface area contributed by atoms with E-state index in [2.05, 4.69) is 15.8 Å². The zero-order valence-electron chi connectivity index (χ0n) is 18.4. The third-order valence-electron chi connectivity index (χ3n) is 4.48. The third kappa shape index (κ3) is 6.87. The SMILES string of the molecule is CCCOc1c(C=NNC(=O)C(NC(=O)c2ccc(Cl)c(Cl)c2)C(C)C)cccc1OC. The molecule has 9 heteroatoms. The number of carbonyl (C=O) groups excluding carboxylic acids is 2. The molecule has 0 spiro atoms. The number of hydrogen-bond donors (Lipinski definition) is 2. The van der Waals surface area contributed by atoms with Gasteiger partial charge in [0.1, 0.15) is 6.04 Å². The molecule has 172 valence electrons. The maximum atomic E-state index is 12.7. The van der Waals surface area contributed by atoms with Crippen LogP contribution < -0.4 is 20.2 Å². The first kappa shape index (κ1) is 25.5. The normalized spacial score (nSPS) is 12.0. The van der Waals surface area contributed by atoms with E-state index in [0.717, 1.165) is 6.42 Å². The molecular formula is C23H27Cl2N3O4. The lowest BCUT2D eigenvalue weighted by atomic mass is 10.0. The number of amides is 2. The fourth-order valence-electron chi connectivity index (χ4n) is 2.79. The lowest BCUT2D eigenvalue weighted by Gasteiger charge is -2.20. The molecule has 0 heterocycles. The largest absolute Gasteiger partial charge is 0.493 e. The van der Waals surface area contributed by atoms with E-state index in [1.165, 1.54) is 24.4 Å². The van der Waals surface area contributed by atoms with Crippen molar-refractivity contribution in [2.24, 2.45) is 11.0 Å². The number of benzene rings is 2. The van der Waals surface area contributed by atoms with Crippen molar-refractivity contribution in [1.82, 2.24) is 10.7 Å². The number of hydrazone groups is 1. The Balaban J connectivity index is 2.11. The van der Waals surface area contributed by atoms with Crippen molar-refractivity contribution in [3.63, 3.8) is 0 Å². The van der Waals surface area contributed by atoms with Gasteiger partial charge in [-0.1, -0.05) is 50.0 Å². The first-order valence-electron chi connectivity index (χ1n) is 10.2. The molecule has 0 aliphatic carbocycles. The fourth-order valence-corrected chi connectivity index (χ4v) is 3.08. The number of nitrogens with one attached hydrogen (secondary N) is 2. The molecule has 1 unspecified atom stereocenters. The maximum absolute atomic E-state index is 12.7. The smallest absolute Gasteiger partial charge is 0.262 e. The van der Waals surface area contributed by atoms with E-state index < -0.39 is 17.9 Å². The summed E-state index contributed by atoms with van der Waals surface area (Å²) in [6, 6.07) is 9.10. The van der Waals surface area contributed by atoms with Crippen LogP contribution in [0.15, 0.2) is 41.5 Å². The Hall–Kier alpha value is -2.77. The molecular weight excluding hydrogens is 453 g/mol. The molecule has 2 amide bonds. The standard InChI is InChI=1S/C23H27Cl2N3O4/c1-5-11-32-21-16(7-6-8-19(21)31-4)13-26-28-23(30)20(14(2)3)27-22(29)15-9-10-17(24)18(25)12-15/h6-10,12-14,20H,5,11H2,1-4H3,(H,27,29)(H,28,30). The number of ether oxygens (including phenoxy) is 2. The minimum absolute atomic E-state index is 0.183. The van der Waals surface area contributed by atoms with Crippen LogP contribution in [0.5, 0.6) is 11.5 Å². The number of halogens is 2. The first-order chi connectivity index (χ1) is 15.3. The molecule has 0 aromatic heterocycles. The van der Waals surface area contributed by atoms with Crippen molar-refractivity contribution in [3.8, 4) is 11.5 Å². The Morgan fingerprint density at radius 1 is 1.16 bits per heavy atom. The van der Waals surface area contributed by atoms with Gasteiger partial charge in [0.2, 0.25) is 0 Å². The second-order valence-electron chi connectivity index (χ2n) is 7.29. The lowest BCUT2D eigenvalue weighted by Crippen LogP contribution is -2.48. The van der Waals surface area contributed by atoms with Crippen LogP contribution in [0.4, 0.5) is 0 Å². The van der Waals surface area contributed by atoms with Gasteiger partial charge in [-0.15, -0.1) is 0 Å². The van der Waals surface area contributed by atoms with Crippen molar-refractivity contribution in [1.29, 1.82) is 0 Å². The molecule has 0 saturated heterocycles. The van der Waals surface area contributed by atoms with Crippen LogP contribution in [0.1, 0.15) is 43.1 Å². The van der Waals surface area contributed by atoms with Gasteiger partial charge < -0.3 is 14.8 Å². The van der Waals surface area contributed by atoms with Gasteiger partial charge in [0, 0.05) is 11.1 Å². The minimum Gasteiger partial charge on any atom is -0.493 e. The molecule has 32 heavy (non-hydrogen) atoms. The number of carbonyl (C=O) groups is 2. The molecule has 2 aromatic rings. The van der Waals surface area contributed by atoms with Crippen molar-refractivity contribution < 1.29 is 19.1 Å². The Morgan fingerprint density at radius 2 is 1.91 bits per heavy atom. The van der Waals surface area contributed by atoms with E-state index in [1.807, 2.05) is 20.8 Å². The number of nitrogens with zero attached hydrogens (tertiary/aromatic N) is 1. The van der Waals surface area contributed by atoms with Crippen LogP contribution in [0, 0.1) is 5.92 Å². The van der Waals surface area contributed by atoms with Crippen molar-refractivity contribution in [3.05, 3.63) is 57.6 Å². The summed E-state index contributed by atoms with van der Waals surface area (Å²) >= 11 is 11.9. The van der Waals surface area contributed by atoms with Crippen LogP contribution in [-0.2, 0) is 4.79 Å². The molecule has 1 atom stereocenters. The highest BCUT2D eigenvalue weighted by Gasteiger charge is 2.25.